The molecule has 0 spiro atoms. The maximum absolute atomic E-state index is 13.0. The van der Waals surface area contributed by atoms with Crippen LogP contribution in [0.3, 0.4) is 0 Å². The molecule has 1 fully saturated rings. The van der Waals surface area contributed by atoms with Gasteiger partial charge in [-0.15, -0.1) is 0 Å². The zero-order chi connectivity index (χ0) is 17.5. The zero-order valence-electron chi connectivity index (χ0n) is 13.3. The molecule has 0 saturated heterocycles. The molecule has 2 aromatic carbocycles. The van der Waals surface area contributed by atoms with E-state index < -0.39 is 26.5 Å². The van der Waals surface area contributed by atoms with Crippen LogP contribution in [0, 0.1) is 0 Å². The van der Waals surface area contributed by atoms with Crippen LogP contribution in [0.25, 0.3) is 0 Å². The molecule has 0 bridgehead atoms. The first-order valence-corrected chi connectivity index (χ1v) is 9.75. The van der Waals surface area contributed by atoms with Gasteiger partial charge >= 0.3 is 0 Å². The van der Waals surface area contributed by atoms with Crippen LogP contribution in [-0.4, -0.2) is 30.9 Å². The Balaban J connectivity index is 1.98. The maximum Gasteiger partial charge on any atom is 0.183 e. The van der Waals surface area contributed by atoms with Gasteiger partial charge in [0.05, 0.1) is 22.3 Å². The quantitative estimate of drug-likeness (QED) is 0.853. The van der Waals surface area contributed by atoms with Crippen LogP contribution in [0.4, 0.5) is 0 Å². The van der Waals surface area contributed by atoms with Crippen molar-refractivity contribution >= 4 is 21.4 Å². The Labute approximate surface area is 147 Å². The molecule has 24 heavy (non-hydrogen) atoms. The van der Waals surface area contributed by atoms with Gasteiger partial charge < -0.3 is 10.8 Å². The summed E-state index contributed by atoms with van der Waals surface area (Å²) < 4.78 is 25.9. The monoisotopic (exact) mass is 365 g/mol. The van der Waals surface area contributed by atoms with Crippen molar-refractivity contribution in [3.63, 3.8) is 0 Å². The first-order valence-electron chi connectivity index (χ1n) is 7.82. The molecule has 3 atom stereocenters. The van der Waals surface area contributed by atoms with Gasteiger partial charge in [-0.25, -0.2) is 8.42 Å². The fraction of sp³-hybridized carbons (Fsp3) is 0.333. The number of aryl methyl sites for hydroxylation is 1. The lowest BCUT2D eigenvalue weighted by Crippen LogP contribution is -2.35. The first-order chi connectivity index (χ1) is 11.3. The second-order valence-electron chi connectivity index (χ2n) is 6.26. The third-order valence-electron chi connectivity index (χ3n) is 4.80. The van der Waals surface area contributed by atoms with Gasteiger partial charge in [-0.2, -0.15) is 0 Å². The van der Waals surface area contributed by atoms with E-state index >= 15 is 0 Å². The van der Waals surface area contributed by atoms with Crippen LogP contribution in [-0.2, 0) is 16.3 Å². The van der Waals surface area contributed by atoms with E-state index in [1.807, 2.05) is 24.3 Å². The molecule has 0 radical (unpaired) electrons. The van der Waals surface area contributed by atoms with Crippen molar-refractivity contribution < 1.29 is 13.5 Å². The van der Waals surface area contributed by atoms with Crippen LogP contribution < -0.4 is 5.73 Å². The van der Waals surface area contributed by atoms with Gasteiger partial charge in [0.25, 0.3) is 0 Å². The van der Waals surface area contributed by atoms with Gasteiger partial charge in [0.15, 0.2) is 9.84 Å². The zero-order valence-corrected chi connectivity index (χ0v) is 14.9. The van der Waals surface area contributed by atoms with Crippen molar-refractivity contribution in [2.24, 2.45) is 5.73 Å². The highest BCUT2D eigenvalue weighted by atomic mass is 35.5. The second kappa shape index (κ2) is 6.15. The molecular formula is C18H20ClNO3S. The van der Waals surface area contributed by atoms with E-state index in [4.69, 9.17) is 17.3 Å². The number of sulfone groups is 1. The average molecular weight is 366 g/mol. The van der Waals surface area contributed by atoms with Gasteiger partial charge in [0.1, 0.15) is 0 Å². The Hall–Kier alpha value is -1.40. The molecule has 3 rings (SSSR count). The molecular weight excluding hydrogens is 346 g/mol. The van der Waals surface area contributed by atoms with Crippen LogP contribution in [0.1, 0.15) is 24.0 Å². The number of benzene rings is 2. The van der Waals surface area contributed by atoms with Gasteiger partial charge in [0.2, 0.25) is 0 Å². The SMILES string of the molecule is CCc1ccc([C@H]2[C@H](S(=O)(=O)c3ccc(Cl)cc3)[C@@]2(N)CO)cc1. The molecule has 2 aromatic rings. The Morgan fingerprint density at radius 2 is 1.71 bits per heavy atom. The van der Waals surface area contributed by atoms with Gasteiger partial charge in [-0.1, -0.05) is 42.8 Å². The third-order valence-corrected chi connectivity index (χ3v) is 7.36. The van der Waals surface area contributed by atoms with E-state index in [-0.39, 0.29) is 11.5 Å². The van der Waals surface area contributed by atoms with Crippen LogP contribution in [0.5, 0.6) is 0 Å². The minimum atomic E-state index is -3.66. The molecule has 0 amide bonds. The number of halogens is 1. The fourth-order valence-corrected chi connectivity index (χ4v) is 5.72. The molecule has 1 aliphatic carbocycles. The van der Waals surface area contributed by atoms with Gasteiger partial charge in [-0.05, 0) is 41.8 Å². The summed E-state index contributed by atoms with van der Waals surface area (Å²) in [6.45, 7) is 1.67. The van der Waals surface area contributed by atoms with Crippen LogP contribution in [0.2, 0.25) is 5.02 Å². The first kappa shape index (κ1) is 17.4. The Kier molecular flexibility index (Phi) is 4.47. The van der Waals surface area contributed by atoms with E-state index in [9.17, 15) is 13.5 Å². The summed E-state index contributed by atoms with van der Waals surface area (Å²) in [5, 5.41) is 9.34. The van der Waals surface area contributed by atoms with Crippen molar-refractivity contribution in [2.75, 3.05) is 6.61 Å². The molecule has 6 heteroatoms. The molecule has 0 aromatic heterocycles. The summed E-state index contributed by atoms with van der Waals surface area (Å²) in [6.07, 6.45) is 0.908. The standard InChI is InChI=1S/C18H20ClNO3S/c1-2-12-3-5-13(6-4-12)16-17(18(16,20)11-21)24(22,23)15-9-7-14(19)8-10-15/h3-10,16-17,21H,2,11,20H2,1H3/t16-,17-,18+/m0/s1. The lowest BCUT2D eigenvalue weighted by Gasteiger charge is -2.08. The number of aliphatic hydroxyl groups is 1. The molecule has 1 saturated carbocycles. The lowest BCUT2D eigenvalue weighted by molar-refractivity contribution is 0.253. The summed E-state index contributed by atoms with van der Waals surface area (Å²) in [6, 6.07) is 13.8. The predicted molar refractivity (Wildman–Crippen MR) is 95.0 cm³/mol. The van der Waals surface area contributed by atoms with Gasteiger partial charge in [0, 0.05) is 10.9 Å². The summed E-state index contributed by atoms with van der Waals surface area (Å²) in [5.41, 5.74) is 7.08. The van der Waals surface area contributed by atoms with Crippen molar-refractivity contribution in [3.8, 4) is 0 Å². The van der Waals surface area contributed by atoms with E-state index in [0.29, 0.717) is 5.02 Å². The smallest absolute Gasteiger partial charge is 0.183 e. The van der Waals surface area contributed by atoms with Crippen molar-refractivity contribution in [1.29, 1.82) is 0 Å². The molecule has 3 N–H and O–H groups in total. The number of rotatable bonds is 5. The molecule has 0 heterocycles. The Bertz CT molecular complexity index is 834. The summed E-state index contributed by atoms with van der Waals surface area (Å²) >= 11 is 5.83. The highest BCUT2D eigenvalue weighted by Gasteiger charge is 2.69. The van der Waals surface area contributed by atoms with Crippen molar-refractivity contribution in [2.45, 2.75) is 34.9 Å². The normalized spacial score (nSPS) is 26.3. The van der Waals surface area contributed by atoms with E-state index in [1.54, 1.807) is 12.1 Å². The summed E-state index contributed by atoms with van der Waals surface area (Å²) in [4.78, 5) is 0.174. The van der Waals surface area contributed by atoms with Gasteiger partial charge in [-0.3, -0.25) is 0 Å². The molecule has 1 aliphatic rings. The van der Waals surface area contributed by atoms with E-state index in [0.717, 1.165) is 12.0 Å². The summed E-state index contributed by atoms with van der Waals surface area (Å²) in [5.74, 6) is -0.422. The highest BCUT2D eigenvalue weighted by molar-refractivity contribution is 7.92. The maximum atomic E-state index is 13.0. The fourth-order valence-electron chi connectivity index (χ4n) is 3.30. The summed E-state index contributed by atoms with van der Waals surface area (Å²) in [7, 11) is -3.66. The van der Waals surface area contributed by atoms with Crippen LogP contribution in [0.15, 0.2) is 53.4 Å². The molecule has 4 nitrogen and oxygen atoms in total. The largest absolute Gasteiger partial charge is 0.394 e. The van der Waals surface area contributed by atoms with Crippen LogP contribution >= 0.6 is 11.6 Å². The molecule has 128 valence electrons. The van der Waals surface area contributed by atoms with E-state index in [2.05, 4.69) is 6.92 Å². The lowest BCUT2D eigenvalue weighted by atomic mass is 10.0. The minimum Gasteiger partial charge on any atom is -0.394 e. The van der Waals surface area contributed by atoms with Crippen molar-refractivity contribution in [3.05, 3.63) is 64.7 Å². The number of hydrogen-bond acceptors (Lipinski definition) is 4. The minimum absolute atomic E-state index is 0.174. The highest BCUT2D eigenvalue weighted by Crippen LogP contribution is 2.55. The topological polar surface area (TPSA) is 80.4 Å². The number of nitrogens with two attached hydrogens (primary N) is 1. The molecule has 0 aliphatic heterocycles. The number of aliphatic hydroxyl groups excluding tert-OH is 1. The predicted octanol–water partition coefficient (Wildman–Crippen LogP) is 2.53. The Morgan fingerprint density at radius 3 is 2.21 bits per heavy atom. The molecule has 0 unspecified atom stereocenters. The number of hydrogen-bond donors (Lipinski definition) is 2. The second-order valence-corrected chi connectivity index (χ2v) is 8.77. The Morgan fingerprint density at radius 1 is 1.12 bits per heavy atom. The third kappa shape index (κ3) is 2.75. The average Bonchev–Trinajstić information content (AvgIpc) is 3.23. The van der Waals surface area contributed by atoms with Crippen molar-refractivity contribution in [1.82, 2.24) is 0 Å². The van der Waals surface area contributed by atoms with E-state index in [1.165, 1.54) is 17.7 Å².